The normalized spacial score (nSPS) is 11.6. The summed E-state index contributed by atoms with van der Waals surface area (Å²) in [7, 11) is -0.556. The predicted molar refractivity (Wildman–Crippen MR) is 89.4 cm³/mol. The van der Waals surface area contributed by atoms with Crippen molar-refractivity contribution in [1.29, 1.82) is 0 Å². The van der Waals surface area contributed by atoms with Crippen molar-refractivity contribution in [3.8, 4) is 5.75 Å². The number of fused-ring (bicyclic) bond motifs is 1. The van der Waals surface area contributed by atoms with Crippen molar-refractivity contribution < 1.29 is 13.2 Å². The highest BCUT2D eigenvalue weighted by Gasteiger charge is 2.22. The highest BCUT2D eigenvalue weighted by atomic mass is 32.2. The lowest BCUT2D eigenvalue weighted by molar-refractivity contribution is 0.411. The van der Waals surface area contributed by atoms with E-state index in [0.29, 0.717) is 11.4 Å². The van der Waals surface area contributed by atoms with Gasteiger partial charge in [0.2, 0.25) is 0 Å². The SMILES string of the molecule is COc1ccc(S(=O)(=O)N(C)c2ccc3nc[nH]c3c2)cc1C. The van der Waals surface area contributed by atoms with Crippen LogP contribution < -0.4 is 9.04 Å². The van der Waals surface area contributed by atoms with Crippen molar-refractivity contribution in [2.45, 2.75) is 11.8 Å². The molecule has 1 heterocycles. The van der Waals surface area contributed by atoms with Gasteiger partial charge in [-0.2, -0.15) is 0 Å². The number of anilines is 1. The van der Waals surface area contributed by atoms with Crippen LogP contribution in [-0.4, -0.2) is 32.5 Å². The number of methoxy groups -OCH3 is 1. The van der Waals surface area contributed by atoms with Crippen LogP contribution in [-0.2, 0) is 10.0 Å². The molecule has 23 heavy (non-hydrogen) atoms. The Balaban J connectivity index is 2.02. The van der Waals surface area contributed by atoms with E-state index in [1.807, 2.05) is 6.92 Å². The van der Waals surface area contributed by atoms with Crippen molar-refractivity contribution in [2.75, 3.05) is 18.5 Å². The predicted octanol–water partition coefficient (Wildman–Crippen LogP) is 2.71. The Morgan fingerprint density at radius 2 is 1.96 bits per heavy atom. The minimum absolute atomic E-state index is 0.225. The Bertz CT molecular complexity index is 964. The first-order valence-corrected chi connectivity index (χ1v) is 8.44. The molecule has 3 aromatic rings. The summed E-state index contributed by atoms with van der Waals surface area (Å²) in [6, 6.07) is 10.1. The Labute approximate surface area is 134 Å². The summed E-state index contributed by atoms with van der Waals surface area (Å²) < 4.78 is 32.1. The zero-order valence-corrected chi connectivity index (χ0v) is 13.9. The molecule has 7 heteroatoms. The Hall–Kier alpha value is -2.54. The van der Waals surface area contributed by atoms with Crippen LogP contribution in [0.2, 0.25) is 0 Å². The summed E-state index contributed by atoms with van der Waals surface area (Å²) in [5.41, 5.74) is 2.91. The van der Waals surface area contributed by atoms with E-state index >= 15 is 0 Å². The average Bonchev–Trinajstić information content (AvgIpc) is 3.01. The van der Waals surface area contributed by atoms with E-state index in [9.17, 15) is 8.42 Å². The maximum atomic E-state index is 12.8. The topological polar surface area (TPSA) is 75.3 Å². The summed E-state index contributed by atoms with van der Waals surface area (Å²) >= 11 is 0. The second kappa shape index (κ2) is 5.58. The molecule has 1 N–H and O–H groups in total. The van der Waals surface area contributed by atoms with Crippen LogP contribution in [0.4, 0.5) is 5.69 Å². The van der Waals surface area contributed by atoms with Crippen molar-refractivity contribution in [3.63, 3.8) is 0 Å². The molecular weight excluding hydrogens is 314 g/mol. The third-order valence-corrected chi connectivity index (χ3v) is 5.57. The summed E-state index contributed by atoms with van der Waals surface area (Å²) in [6.45, 7) is 1.81. The van der Waals surface area contributed by atoms with E-state index in [4.69, 9.17) is 4.74 Å². The number of sulfonamides is 1. The number of aryl methyl sites for hydroxylation is 1. The molecule has 0 saturated heterocycles. The Morgan fingerprint density at radius 3 is 2.65 bits per heavy atom. The fourth-order valence-corrected chi connectivity index (χ4v) is 3.70. The van der Waals surface area contributed by atoms with E-state index in [2.05, 4.69) is 9.97 Å². The van der Waals surface area contributed by atoms with Crippen molar-refractivity contribution in [3.05, 3.63) is 48.3 Å². The summed E-state index contributed by atoms with van der Waals surface area (Å²) in [6.07, 6.45) is 1.58. The van der Waals surface area contributed by atoms with Gasteiger partial charge in [-0.05, 0) is 48.9 Å². The van der Waals surface area contributed by atoms with Crippen molar-refractivity contribution in [2.24, 2.45) is 0 Å². The van der Waals surface area contributed by atoms with Crippen LogP contribution in [0.1, 0.15) is 5.56 Å². The number of nitrogens with one attached hydrogen (secondary N) is 1. The second-order valence-corrected chi connectivity index (χ2v) is 7.18. The van der Waals surface area contributed by atoms with E-state index in [-0.39, 0.29) is 4.90 Å². The molecule has 0 radical (unpaired) electrons. The average molecular weight is 331 g/mol. The fourth-order valence-electron chi connectivity index (χ4n) is 2.43. The minimum Gasteiger partial charge on any atom is -0.496 e. The third-order valence-electron chi connectivity index (χ3n) is 3.79. The highest BCUT2D eigenvalue weighted by Crippen LogP contribution is 2.27. The minimum atomic E-state index is -3.65. The van der Waals surface area contributed by atoms with Crippen LogP contribution in [0.5, 0.6) is 5.75 Å². The smallest absolute Gasteiger partial charge is 0.264 e. The van der Waals surface area contributed by atoms with Crippen LogP contribution in [0.3, 0.4) is 0 Å². The zero-order valence-electron chi connectivity index (χ0n) is 13.1. The largest absolute Gasteiger partial charge is 0.496 e. The molecule has 120 valence electrons. The molecule has 1 aromatic heterocycles. The number of nitrogens with zero attached hydrogens (tertiary/aromatic N) is 2. The molecule has 3 rings (SSSR count). The fraction of sp³-hybridized carbons (Fsp3) is 0.188. The van der Waals surface area contributed by atoms with E-state index < -0.39 is 10.0 Å². The molecule has 0 aliphatic rings. The molecular formula is C16H17N3O3S. The van der Waals surface area contributed by atoms with Crippen LogP contribution in [0, 0.1) is 6.92 Å². The Kier molecular flexibility index (Phi) is 3.73. The van der Waals surface area contributed by atoms with Crippen molar-refractivity contribution in [1.82, 2.24) is 9.97 Å². The van der Waals surface area contributed by atoms with Gasteiger partial charge in [-0.15, -0.1) is 0 Å². The van der Waals surface area contributed by atoms with E-state index in [1.165, 1.54) is 11.4 Å². The van der Waals surface area contributed by atoms with Gasteiger partial charge in [0, 0.05) is 7.05 Å². The van der Waals surface area contributed by atoms with Gasteiger partial charge in [0.15, 0.2) is 0 Å². The molecule has 0 aliphatic heterocycles. The van der Waals surface area contributed by atoms with Crippen LogP contribution >= 0.6 is 0 Å². The third kappa shape index (κ3) is 2.63. The lowest BCUT2D eigenvalue weighted by Gasteiger charge is -2.20. The number of rotatable bonds is 4. The van der Waals surface area contributed by atoms with E-state index in [0.717, 1.165) is 16.6 Å². The monoisotopic (exact) mass is 331 g/mol. The first-order chi connectivity index (χ1) is 10.9. The van der Waals surface area contributed by atoms with Gasteiger partial charge in [-0.3, -0.25) is 4.31 Å². The van der Waals surface area contributed by atoms with Gasteiger partial charge in [-0.25, -0.2) is 13.4 Å². The number of benzene rings is 2. The van der Waals surface area contributed by atoms with Gasteiger partial charge in [0.25, 0.3) is 10.0 Å². The molecule has 0 atom stereocenters. The molecule has 0 spiro atoms. The summed E-state index contributed by atoms with van der Waals surface area (Å²) in [5, 5.41) is 0. The first kappa shape index (κ1) is 15.4. The number of hydrogen-bond acceptors (Lipinski definition) is 4. The molecule has 0 fully saturated rings. The van der Waals surface area contributed by atoms with Gasteiger partial charge in [0.05, 0.1) is 35.1 Å². The summed E-state index contributed by atoms with van der Waals surface area (Å²) in [4.78, 5) is 7.34. The second-order valence-electron chi connectivity index (χ2n) is 5.21. The molecule has 0 unspecified atom stereocenters. The van der Waals surface area contributed by atoms with Crippen molar-refractivity contribution >= 4 is 26.7 Å². The number of aromatic nitrogens is 2. The number of H-pyrrole nitrogens is 1. The van der Waals surface area contributed by atoms with E-state index in [1.54, 1.807) is 49.8 Å². The van der Waals surface area contributed by atoms with Gasteiger partial charge < -0.3 is 9.72 Å². The molecule has 0 amide bonds. The van der Waals surface area contributed by atoms with Gasteiger partial charge >= 0.3 is 0 Å². The van der Waals surface area contributed by atoms with Gasteiger partial charge in [0.1, 0.15) is 5.75 Å². The summed E-state index contributed by atoms with van der Waals surface area (Å²) in [5.74, 6) is 0.658. The van der Waals surface area contributed by atoms with Gasteiger partial charge in [-0.1, -0.05) is 0 Å². The molecule has 0 saturated carbocycles. The molecule has 6 nitrogen and oxygen atoms in total. The molecule has 0 aliphatic carbocycles. The highest BCUT2D eigenvalue weighted by molar-refractivity contribution is 7.92. The maximum absolute atomic E-state index is 12.8. The quantitative estimate of drug-likeness (QED) is 0.797. The standard InChI is InChI=1S/C16H17N3O3S/c1-11-8-13(5-7-16(11)22-3)23(20,21)19(2)12-4-6-14-15(9-12)18-10-17-14/h4-10H,1-3H3,(H,17,18). The number of imidazole rings is 1. The van der Waals surface area contributed by atoms with Crippen LogP contribution in [0.25, 0.3) is 11.0 Å². The molecule has 2 aromatic carbocycles. The first-order valence-electron chi connectivity index (χ1n) is 7.00. The maximum Gasteiger partial charge on any atom is 0.264 e. The number of hydrogen-bond donors (Lipinski definition) is 1. The van der Waals surface area contributed by atoms with Crippen LogP contribution in [0.15, 0.2) is 47.6 Å². The lowest BCUT2D eigenvalue weighted by atomic mass is 10.2. The lowest BCUT2D eigenvalue weighted by Crippen LogP contribution is -2.26. The number of ether oxygens (including phenoxy) is 1. The zero-order chi connectivity index (χ0) is 16.6. The number of aromatic amines is 1. The molecule has 0 bridgehead atoms. The Morgan fingerprint density at radius 1 is 1.17 bits per heavy atom.